The van der Waals surface area contributed by atoms with Gasteiger partial charge < -0.3 is 10.4 Å². The number of hydrogen-bond acceptors (Lipinski definition) is 6. The standard InChI is InChI=1S/C19H19FN4O2S/c1-10-4-5-13(18-21-7-15(20)11(2)24-18)6-14(10)19(26)22-8-16(25)17-12(3)23-9-27-17/h4-7,9,16,25H,8H2,1-3H3,(H,22,26)/t16-/m1/s1. The molecule has 1 atom stereocenters. The molecule has 0 fully saturated rings. The second-order valence-electron chi connectivity index (χ2n) is 6.18. The third-order valence-electron chi connectivity index (χ3n) is 4.20. The summed E-state index contributed by atoms with van der Waals surface area (Å²) in [5.74, 6) is -0.436. The third kappa shape index (κ3) is 4.17. The fourth-order valence-electron chi connectivity index (χ4n) is 2.61. The van der Waals surface area contributed by atoms with Crippen LogP contribution >= 0.6 is 11.3 Å². The van der Waals surface area contributed by atoms with Gasteiger partial charge in [0, 0.05) is 17.7 Å². The molecular weight excluding hydrogens is 367 g/mol. The molecule has 0 saturated heterocycles. The third-order valence-corrected chi connectivity index (χ3v) is 5.23. The number of nitrogens with one attached hydrogen (secondary N) is 1. The van der Waals surface area contributed by atoms with E-state index in [0.29, 0.717) is 17.0 Å². The van der Waals surface area contributed by atoms with Crippen LogP contribution < -0.4 is 5.32 Å². The van der Waals surface area contributed by atoms with Gasteiger partial charge in [-0.3, -0.25) is 4.79 Å². The molecule has 2 N–H and O–H groups in total. The van der Waals surface area contributed by atoms with Gasteiger partial charge in [0.1, 0.15) is 6.10 Å². The first kappa shape index (κ1) is 19.1. The molecule has 0 bridgehead atoms. The van der Waals surface area contributed by atoms with Crippen molar-refractivity contribution in [3.8, 4) is 11.4 Å². The lowest BCUT2D eigenvalue weighted by atomic mass is 10.0. The number of rotatable bonds is 5. The van der Waals surface area contributed by atoms with Crippen molar-refractivity contribution in [2.45, 2.75) is 26.9 Å². The SMILES string of the molecule is Cc1ccc(-c2ncc(F)c(C)n2)cc1C(=O)NC[C@@H](O)c1scnc1C. The lowest BCUT2D eigenvalue weighted by Crippen LogP contribution is -2.29. The first-order chi connectivity index (χ1) is 12.9. The highest BCUT2D eigenvalue weighted by Crippen LogP contribution is 2.22. The second-order valence-corrected chi connectivity index (χ2v) is 7.07. The van der Waals surface area contributed by atoms with Crippen LogP contribution in [0.15, 0.2) is 29.9 Å². The van der Waals surface area contributed by atoms with Crippen molar-refractivity contribution in [1.29, 1.82) is 0 Å². The number of carbonyl (C=O) groups is 1. The smallest absolute Gasteiger partial charge is 0.251 e. The van der Waals surface area contributed by atoms with Crippen molar-refractivity contribution in [3.05, 3.63) is 63.1 Å². The molecule has 2 aromatic heterocycles. The van der Waals surface area contributed by atoms with E-state index >= 15 is 0 Å². The number of aliphatic hydroxyl groups excluding tert-OH is 1. The average molecular weight is 386 g/mol. The van der Waals surface area contributed by atoms with Crippen molar-refractivity contribution in [2.24, 2.45) is 0 Å². The molecule has 0 saturated carbocycles. The molecule has 0 unspecified atom stereocenters. The van der Waals surface area contributed by atoms with E-state index in [1.54, 1.807) is 30.6 Å². The Hall–Kier alpha value is -2.71. The first-order valence-electron chi connectivity index (χ1n) is 8.33. The topological polar surface area (TPSA) is 88.0 Å². The Kier molecular flexibility index (Phi) is 5.57. The quantitative estimate of drug-likeness (QED) is 0.703. The zero-order valence-electron chi connectivity index (χ0n) is 15.2. The highest BCUT2D eigenvalue weighted by molar-refractivity contribution is 7.09. The van der Waals surface area contributed by atoms with Gasteiger partial charge in [0.25, 0.3) is 5.91 Å². The first-order valence-corrected chi connectivity index (χ1v) is 9.21. The van der Waals surface area contributed by atoms with E-state index in [1.165, 1.54) is 11.3 Å². The normalized spacial score (nSPS) is 12.0. The number of benzene rings is 1. The van der Waals surface area contributed by atoms with Crippen molar-refractivity contribution < 1.29 is 14.3 Å². The summed E-state index contributed by atoms with van der Waals surface area (Å²) in [6.07, 6.45) is 0.304. The predicted octanol–water partition coefficient (Wildman–Crippen LogP) is 3.13. The maximum atomic E-state index is 13.4. The Labute approximate surface area is 160 Å². The molecule has 2 heterocycles. The number of halogens is 1. The van der Waals surface area contributed by atoms with Crippen LogP contribution in [0.2, 0.25) is 0 Å². The number of hydrogen-bond donors (Lipinski definition) is 2. The number of aliphatic hydroxyl groups is 1. The number of thiazole rings is 1. The molecule has 0 spiro atoms. The van der Waals surface area contributed by atoms with Gasteiger partial charge in [0.2, 0.25) is 0 Å². The van der Waals surface area contributed by atoms with Crippen molar-refractivity contribution in [2.75, 3.05) is 6.54 Å². The molecule has 3 aromatic rings. The van der Waals surface area contributed by atoms with Crippen LogP contribution in [0.25, 0.3) is 11.4 Å². The number of aromatic nitrogens is 3. The van der Waals surface area contributed by atoms with Crippen molar-refractivity contribution >= 4 is 17.2 Å². The minimum Gasteiger partial charge on any atom is -0.386 e. The maximum Gasteiger partial charge on any atom is 0.251 e. The van der Waals surface area contributed by atoms with Gasteiger partial charge >= 0.3 is 0 Å². The molecule has 8 heteroatoms. The van der Waals surface area contributed by atoms with Gasteiger partial charge in [-0.1, -0.05) is 12.1 Å². The Bertz CT molecular complexity index is 990. The highest BCUT2D eigenvalue weighted by atomic mass is 32.1. The number of carbonyl (C=O) groups excluding carboxylic acids is 1. The monoisotopic (exact) mass is 386 g/mol. The van der Waals surface area contributed by atoms with E-state index in [2.05, 4.69) is 20.3 Å². The Balaban J connectivity index is 1.78. The molecule has 27 heavy (non-hydrogen) atoms. The summed E-state index contributed by atoms with van der Waals surface area (Å²) < 4.78 is 13.4. The summed E-state index contributed by atoms with van der Waals surface area (Å²) in [5, 5.41) is 13.0. The minimum atomic E-state index is -0.812. The van der Waals surface area contributed by atoms with Crippen LogP contribution in [-0.4, -0.2) is 32.5 Å². The lowest BCUT2D eigenvalue weighted by Gasteiger charge is -2.13. The molecule has 0 aliphatic heterocycles. The van der Waals surface area contributed by atoms with Crippen LogP contribution in [0.4, 0.5) is 4.39 Å². The van der Waals surface area contributed by atoms with E-state index in [0.717, 1.165) is 22.3 Å². The van der Waals surface area contributed by atoms with Crippen LogP contribution in [-0.2, 0) is 0 Å². The van der Waals surface area contributed by atoms with Crippen LogP contribution in [0.3, 0.4) is 0 Å². The summed E-state index contributed by atoms with van der Waals surface area (Å²) >= 11 is 1.35. The molecule has 0 aliphatic rings. The molecule has 1 aromatic carbocycles. The van der Waals surface area contributed by atoms with Gasteiger partial charge in [-0.15, -0.1) is 11.3 Å². The molecule has 0 radical (unpaired) electrons. The summed E-state index contributed by atoms with van der Waals surface area (Å²) in [7, 11) is 0. The number of aryl methyl sites for hydroxylation is 3. The van der Waals surface area contributed by atoms with Gasteiger partial charge in [-0.2, -0.15) is 0 Å². The average Bonchev–Trinajstić information content (AvgIpc) is 3.08. The van der Waals surface area contributed by atoms with Gasteiger partial charge in [-0.05, 0) is 32.4 Å². The van der Waals surface area contributed by atoms with Crippen LogP contribution in [0.5, 0.6) is 0 Å². The molecule has 3 rings (SSSR count). The summed E-state index contributed by atoms with van der Waals surface area (Å²) in [6.45, 7) is 5.28. The van der Waals surface area contributed by atoms with E-state index in [1.807, 2.05) is 13.8 Å². The molecule has 6 nitrogen and oxygen atoms in total. The fraction of sp³-hybridized carbons (Fsp3) is 0.263. The van der Waals surface area contributed by atoms with Gasteiger partial charge in [0.15, 0.2) is 11.6 Å². The van der Waals surface area contributed by atoms with E-state index in [4.69, 9.17) is 0 Å². The molecule has 0 aliphatic carbocycles. The van der Waals surface area contributed by atoms with Crippen molar-refractivity contribution in [1.82, 2.24) is 20.3 Å². The summed E-state index contributed by atoms with van der Waals surface area (Å²) in [6, 6.07) is 5.24. The Morgan fingerprint density at radius 2 is 2.04 bits per heavy atom. The second kappa shape index (κ2) is 7.89. The van der Waals surface area contributed by atoms with Crippen molar-refractivity contribution in [3.63, 3.8) is 0 Å². The largest absolute Gasteiger partial charge is 0.386 e. The van der Waals surface area contributed by atoms with Gasteiger partial charge in [0.05, 0.1) is 28.0 Å². The summed E-state index contributed by atoms with van der Waals surface area (Å²) in [5.41, 5.74) is 4.50. The highest BCUT2D eigenvalue weighted by Gasteiger charge is 2.17. The van der Waals surface area contributed by atoms with E-state index < -0.39 is 11.9 Å². The molecule has 140 valence electrons. The lowest BCUT2D eigenvalue weighted by molar-refractivity contribution is 0.0917. The Morgan fingerprint density at radius 1 is 1.26 bits per heavy atom. The Morgan fingerprint density at radius 3 is 2.70 bits per heavy atom. The fourth-order valence-corrected chi connectivity index (χ4v) is 3.39. The summed E-state index contributed by atoms with van der Waals surface area (Å²) in [4.78, 5) is 25.5. The van der Waals surface area contributed by atoms with Crippen LogP contribution in [0.1, 0.15) is 38.3 Å². The minimum absolute atomic E-state index is 0.0810. The maximum absolute atomic E-state index is 13.4. The zero-order valence-corrected chi connectivity index (χ0v) is 16.0. The van der Waals surface area contributed by atoms with E-state index in [9.17, 15) is 14.3 Å². The van der Waals surface area contributed by atoms with Crippen LogP contribution in [0, 0.1) is 26.6 Å². The van der Waals surface area contributed by atoms with E-state index in [-0.39, 0.29) is 18.1 Å². The van der Waals surface area contributed by atoms with Gasteiger partial charge in [-0.25, -0.2) is 19.3 Å². The molecule has 1 amide bonds. The predicted molar refractivity (Wildman–Crippen MR) is 101 cm³/mol. The molecular formula is C19H19FN4O2S. The number of amides is 1. The number of nitrogens with zero attached hydrogens (tertiary/aromatic N) is 3. The zero-order chi connectivity index (χ0) is 19.6.